The fourth-order valence-corrected chi connectivity index (χ4v) is 3.30. The van der Waals surface area contributed by atoms with Crippen LogP contribution in [0.2, 0.25) is 0 Å². The molecule has 1 saturated heterocycles. The van der Waals surface area contributed by atoms with Gasteiger partial charge in [-0.15, -0.1) is 11.6 Å². The van der Waals surface area contributed by atoms with E-state index in [0.29, 0.717) is 5.88 Å². The van der Waals surface area contributed by atoms with Gasteiger partial charge in [0.2, 0.25) is 0 Å². The van der Waals surface area contributed by atoms with Crippen molar-refractivity contribution in [3.63, 3.8) is 0 Å². The quantitative estimate of drug-likeness (QED) is 0.785. The van der Waals surface area contributed by atoms with E-state index in [1.54, 1.807) is 0 Å². The summed E-state index contributed by atoms with van der Waals surface area (Å²) in [5, 5.41) is 0. The molecule has 1 fully saturated rings. The second-order valence-electron chi connectivity index (χ2n) is 5.71. The Morgan fingerprint density at radius 2 is 2.00 bits per heavy atom. The molecule has 0 unspecified atom stereocenters. The molecule has 3 rings (SSSR count). The SMILES string of the molecule is Cc1ccc2c(c1)nc(CCl)n2CCCN1CCCC1. The van der Waals surface area contributed by atoms with E-state index in [1.165, 1.54) is 50.0 Å². The summed E-state index contributed by atoms with van der Waals surface area (Å²) in [6.07, 6.45) is 3.89. The summed E-state index contributed by atoms with van der Waals surface area (Å²) < 4.78 is 2.29. The molecule has 0 aliphatic carbocycles. The number of nitrogens with zero attached hydrogens (tertiary/aromatic N) is 3. The van der Waals surface area contributed by atoms with Crippen molar-refractivity contribution in [2.45, 2.75) is 38.6 Å². The van der Waals surface area contributed by atoms with Gasteiger partial charge in [-0.3, -0.25) is 0 Å². The largest absolute Gasteiger partial charge is 0.327 e. The Morgan fingerprint density at radius 1 is 1.20 bits per heavy atom. The number of imidazole rings is 1. The van der Waals surface area contributed by atoms with Gasteiger partial charge in [0.05, 0.1) is 16.9 Å². The zero-order valence-electron chi connectivity index (χ0n) is 12.1. The maximum atomic E-state index is 6.06. The van der Waals surface area contributed by atoms with Gasteiger partial charge >= 0.3 is 0 Å². The molecule has 0 amide bonds. The Morgan fingerprint density at radius 3 is 2.75 bits per heavy atom. The first-order chi connectivity index (χ1) is 9.78. The number of aryl methyl sites for hydroxylation is 2. The minimum Gasteiger partial charge on any atom is -0.327 e. The van der Waals surface area contributed by atoms with E-state index in [9.17, 15) is 0 Å². The first-order valence-corrected chi connectivity index (χ1v) is 8.05. The molecule has 0 saturated carbocycles. The molecule has 0 radical (unpaired) electrons. The Balaban J connectivity index is 1.75. The second kappa shape index (κ2) is 6.15. The molecule has 1 aliphatic heterocycles. The zero-order chi connectivity index (χ0) is 13.9. The van der Waals surface area contributed by atoms with Crippen LogP contribution in [0.5, 0.6) is 0 Å². The smallest absolute Gasteiger partial charge is 0.124 e. The lowest BCUT2D eigenvalue weighted by atomic mass is 10.2. The number of benzene rings is 1. The van der Waals surface area contributed by atoms with Gasteiger partial charge < -0.3 is 9.47 Å². The Bertz CT molecular complexity index is 585. The van der Waals surface area contributed by atoms with Gasteiger partial charge in [0.15, 0.2) is 0 Å². The highest BCUT2D eigenvalue weighted by atomic mass is 35.5. The van der Waals surface area contributed by atoms with Crippen LogP contribution in [0.25, 0.3) is 11.0 Å². The number of hydrogen-bond donors (Lipinski definition) is 0. The first-order valence-electron chi connectivity index (χ1n) is 7.52. The standard InChI is InChI=1S/C16H22ClN3/c1-13-5-6-15-14(11-13)18-16(12-17)20(15)10-4-9-19-7-2-3-8-19/h5-6,11H,2-4,7-10,12H2,1H3. The number of hydrogen-bond acceptors (Lipinski definition) is 2. The molecule has 3 nitrogen and oxygen atoms in total. The van der Waals surface area contributed by atoms with Crippen molar-refractivity contribution in [2.75, 3.05) is 19.6 Å². The molecule has 1 aromatic heterocycles. The lowest BCUT2D eigenvalue weighted by molar-refractivity contribution is 0.325. The number of fused-ring (bicyclic) bond motifs is 1. The lowest BCUT2D eigenvalue weighted by Crippen LogP contribution is -2.21. The van der Waals surface area contributed by atoms with Gasteiger partial charge in [-0.25, -0.2) is 4.98 Å². The molecule has 1 aromatic carbocycles. The molecule has 108 valence electrons. The molecule has 2 heterocycles. The van der Waals surface area contributed by atoms with E-state index in [-0.39, 0.29) is 0 Å². The number of halogens is 1. The summed E-state index contributed by atoms with van der Waals surface area (Å²) in [6, 6.07) is 6.46. The fraction of sp³-hybridized carbons (Fsp3) is 0.562. The second-order valence-corrected chi connectivity index (χ2v) is 5.98. The van der Waals surface area contributed by atoms with E-state index in [4.69, 9.17) is 11.6 Å². The van der Waals surface area contributed by atoms with Crippen LogP contribution in [0.4, 0.5) is 0 Å². The van der Waals surface area contributed by atoms with Crippen LogP contribution >= 0.6 is 11.6 Å². The van der Waals surface area contributed by atoms with E-state index >= 15 is 0 Å². The maximum Gasteiger partial charge on any atom is 0.124 e. The van der Waals surface area contributed by atoms with Crippen molar-refractivity contribution in [2.24, 2.45) is 0 Å². The Labute approximate surface area is 125 Å². The number of alkyl halides is 1. The maximum absolute atomic E-state index is 6.06. The summed E-state index contributed by atoms with van der Waals surface area (Å²) in [5.41, 5.74) is 3.54. The Kier molecular flexibility index (Phi) is 4.27. The van der Waals surface area contributed by atoms with Crippen LogP contribution in [0.1, 0.15) is 30.7 Å². The van der Waals surface area contributed by atoms with Crippen LogP contribution in [0, 0.1) is 6.92 Å². The number of rotatable bonds is 5. The highest BCUT2D eigenvalue weighted by Gasteiger charge is 2.13. The van der Waals surface area contributed by atoms with Crippen LogP contribution in [-0.2, 0) is 12.4 Å². The molecule has 2 aromatic rings. The average Bonchev–Trinajstić information content (AvgIpc) is 3.06. The zero-order valence-corrected chi connectivity index (χ0v) is 12.9. The van der Waals surface area contributed by atoms with Gasteiger partial charge in [-0.05, 0) is 63.5 Å². The molecular weight excluding hydrogens is 270 g/mol. The molecule has 0 spiro atoms. The van der Waals surface area contributed by atoms with Crippen molar-refractivity contribution < 1.29 is 0 Å². The van der Waals surface area contributed by atoms with Gasteiger partial charge in [0, 0.05) is 6.54 Å². The highest BCUT2D eigenvalue weighted by molar-refractivity contribution is 6.16. The highest BCUT2D eigenvalue weighted by Crippen LogP contribution is 2.20. The molecule has 20 heavy (non-hydrogen) atoms. The van der Waals surface area contributed by atoms with E-state index < -0.39 is 0 Å². The van der Waals surface area contributed by atoms with Gasteiger partial charge in [-0.2, -0.15) is 0 Å². The third-order valence-electron chi connectivity index (χ3n) is 4.16. The summed E-state index contributed by atoms with van der Waals surface area (Å²) in [5.74, 6) is 1.48. The molecule has 0 atom stereocenters. The van der Waals surface area contributed by atoms with E-state index in [0.717, 1.165) is 17.9 Å². The molecule has 4 heteroatoms. The minimum atomic E-state index is 0.484. The lowest BCUT2D eigenvalue weighted by Gasteiger charge is -2.15. The third-order valence-corrected chi connectivity index (χ3v) is 4.40. The van der Waals surface area contributed by atoms with Gasteiger partial charge in [0.1, 0.15) is 5.82 Å². The average molecular weight is 292 g/mol. The van der Waals surface area contributed by atoms with Crippen molar-refractivity contribution >= 4 is 22.6 Å². The van der Waals surface area contributed by atoms with Crippen LogP contribution in [0.3, 0.4) is 0 Å². The van der Waals surface area contributed by atoms with Crippen LogP contribution in [0.15, 0.2) is 18.2 Å². The molecule has 0 N–H and O–H groups in total. The summed E-state index contributed by atoms with van der Waals surface area (Å²) in [7, 11) is 0. The van der Waals surface area contributed by atoms with Gasteiger partial charge in [-0.1, -0.05) is 6.07 Å². The fourth-order valence-electron chi connectivity index (χ4n) is 3.10. The first kappa shape index (κ1) is 13.9. The minimum absolute atomic E-state index is 0.484. The summed E-state index contributed by atoms with van der Waals surface area (Å²) in [6.45, 7) is 6.84. The van der Waals surface area contributed by atoms with Crippen molar-refractivity contribution in [1.82, 2.24) is 14.5 Å². The van der Waals surface area contributed by atoms with Crippen molar-refractivity contribution in [3.8, 4) is 0 Å². The molecule has 1 aliphatic rings. The monoisotopic (exact) mass is 291 g/mol. The predicted molar refractivity (Wildman–Crippen MR) is 84.3 cm³/mol. The third kappa shape index (κ3) is 2.84. The number of aromatic nitrogens is 2. The van der Waals surface area contributed by atoms with E-state index in [1.807, 2.05) is 0 Å². The van der Waals surface area contributed by atoms with Crippen molar-refractivity contribution in [1.29, 1.82) is 0 Å². The predicted octanol–water partition coefficient (Wildman–Crippen LogP) is 3.57. The van der Waals surface area contributed by atoms with Gasteiger partial charge in [0.25, 0.3) is 0 Å². The van der Waals surface area contributed by atoms with E-state index in [2.05, 4.69) is 39.6 Å². The number of likely N-dealkylation sites (tertiary alicyclic amines) is 1. The molecular formula is C16H22ClN3. The van der Waals surface area contributed by atoms with Crippen LogP contribution < -0.4 is 0 Å². The van der Waals surface area contributed by atoms with Crippen molar-refractivity contribution in [3.05, 3.63) is 29.6 Å². The molecule has 0 bridgehead atoms. The topological polar surface area (TPSA) is 21.1 Å². The van der Waals surface area contributed by atoms with Crippen LogP contribution in [-0.4, -0.2) is 34.1 Å². The summed E-state index contributed by atoms with van der Waals surface area (Å²) >= 11 is 6.06. The normalized spacial score (nSPS) is 16.3. The summed E-state index contributed by atoms with van der Waals surface area (Å²) in [4.78, 5) is 7.22. The Hall–Kier alpha value is -1.06.